The summed E-state index contributed by atoms with van der Waals surface area (Å²) in [7, 11) is 0. The minimum Gasteiger partial charge on any atom is -0.426 e. The SMILES string of the molecule is CCCCC[C@H]1CC[C@H](C(=O)Oc2ccc(C#CC=C[C@H]3CC[C@H](CC)CC3)cc2)CC1. The molecule has 0 heterocycles. The molecule has 0 spiro atoms. The van der Waals surface area contributed by atoms with Crippen LogP contribution in [0.1, 0.15) is 103 Å². The molecule has 0 bridgehead atoms. The van der Waals surface area contributed by atoms with Crippen molar-refractivity contribution < 1.29 is 9.53 Å². The Hall–Kier alpha value is -2.01. The molecule has 174 valence electrons. The van der Waals surface area contributed by atoms with Gasteiger partial charge in [0.25, 0.3) is 0 Å². The monoisotopic (exact) mass is 434 g/mol. The average Bonchev–Trinajstić information content (AvgIpc) is 2.84. The smallest absolute Gasteiger partial charge is 0.314 e. The second-order valence-electron chi connectivity index (χ2n) is 9.98. The number of carbonyl (C=O) groups is 1. The molecule has 0 aliphatic heterocycles. The highest BCUT2D eigenvalue weighted by atomic mass is 16.5. The van der Waals surface area contributed by atoms with E-state index in [4.69, 9.17) is 4.74 Å². The van der Waals surface area contributed by atoms with Crippen LogP contribution in [0.5, 0.6) is 5.75 Å². The highest BCUT2D eigenvalue weighted by molar-refractivity contribution is 5.75. The van der Waals surface area contributed by atoms with E-state index in [-0.39, 0.29) is 11.9 Å². The van der Waals surface area contributed by atoms with Crippen LogP contribution in [-0.4, -0.2) is 5.97 Å². The quantitative estimate of drug-likeness (QED) is 0.179. The lowest BCUT2D eigenvalue weighted by atomic mass is 9.80. The lowest BCUT2D eigenvalue weighted by Gasteiger charge is -2.27. The zero-order chi connectivity index (χ0) is 22.6. The molecule has 1 aromatic carbocycles. The Labute approximate surface area is 196 Å². The van der Waals surface area contributed by atoms with Crippen molar-refractivity contribution in [2.24, 2.45) is 23.7 Å². The summed E-state index contributed by atoms with van der Waals surface area (Å²) in [4.78, 5) is 12.6. The predicted molar refractivity (Wildman–Crippen MR) is 133 cm³/mol. The Bertz CT molecular complexity index is 763. The van der Waals surface area contributed by atoms with Crippen LogP contribution < -0.4 is 4.74 Å². The van der Waals surface area contributed by atoms with E-state index in [9.17, 15) is 4.79 Å². The summed E-state index contributed by atoms with van der Waals surface area (Å²) in [6.45, 7) is 4.56. The summed E-state index contributed by atoms with van der Waals surface area (Å²) in [6, 6.07) is 7.63. The zero-order valence-electron chi connectivity index (χ0n) is 20.3. The number of rotatable bonds is 8. The third-order valence-electron chi connectivity index (χ3n) is 7.61. The molecule has 0 atom stereocenters. The van der Waals surface area contributed by atoms with Crippen molar-refractivity contribution in [1.29, 1.82) is 0 Å². The number of benzene rings is 1. The maximum atomic E-state index is 12.6. The molecular formula is C30H42O2. The fourth-order valence-corrected chi connectivity index (χ4v) is 5.27. The van der Waals surface area contributed by atoms with Crippen molar-refractivity contribution in [3.63, 3.8) is 0 Å². The minimum atomic E-state index is -0.0587. The van der Waals surface area contributed by atoms with Crippen LogP contribution in [0, 0.1) is 35.5 Å². The topological polar surface area (TPSA) is 26.3 Å². The lowest BCUT2D eigenvalue weighted by molar-refractivity contribution is -0.140. The van der Waals surface area contributed by atoms with Crippen LogP contribution in [0.15, 0.2) is 36.4 Å². The van der Waals surface area contributed by atoms with E-state index in [1.54, 1.807) is 0 Å². The van der Waals surface area contributed by atoms with Gasteiger partial charge in [0.05, 0.1) is 5.92 Å². The van der Waals surface area contributed by atoms with Gasteiger partial charge in [-0.3, -0.25) is 4.79 Å². The van der Waals surface area contributed by atoms with Gasteiger partial charge in [0.15, 0.2) is 0 Å². The fourth-order valence-electron chi connectivity index (χ4n) is 5.27. The van der Waals surface area contributed by atoms with Gasteiger partial charge in [-0.05, 0) is 99.5 Å². The second-order valence-corrected chi connectivity index (χ2v) is 9.98. The van der Waals surface area contributed by atoms with Crippen LogP contribution in [0.3, 0.4) is 0 Å². The van der Waals surface area contributed by atoms with E-state index in [1.807, 2.05) is 30.3 Å². The van der Waals surface area contributed by atoms with Crippen molar-refractivity contribution >= 4 is 5.97 Å². The van der Waals surface area contributed by atoms with E-state index < -0.39 is 0 Å². The van der Waals surface area contributed by atoms with Crippen molar-refractivity contribution in [2.75, 3.05) is 0 Å². The molecule has 1 aromatic rings. The molecule has 2 heteroatoms. The molecule has 0 saturated heterocycles. The molecule has 2 aliphatic carbocycles. The van der Waals surface area contributed by atoms with Crippen molar-refractivity contribution in [3.05, 3.63) is 42.0 Å². The summed E-state index contributed by atoms with van der Waals surface area (Å²) >= 11 is 0. The molecule has 0 unspecified atom stereocenters. The van der Waals surface area contributed by atoms with Crippen molar-refractivity contribution in [3.8, 4) is 17.6 Å². The second kappa shape index (κ2) is 13.5. The first-order valence-electron chi connectivity index (χ1n) is 13.2. The Morgan fingerprint density at radius 1 is 0.938 bits per heavy atom. The van der Waals surface area contributed by atoms with Crippen LogP contribution in [-0.2, 0) is 4.79 Å². The van der Waals surface area contributed by atoms with Gasteiger partial charge in [-0.2, -0.15) is 0 Å². The summed E-state index contributed by atoms with van der Waals surface area (Å²) in [5.74, 6) is 9.44. The summed E-state index contributed by atoms with van der Waals surface area (Å²) in [5, 5.41) is 0. The number of unbranched alkanes of at least 4 members (excludes halogenated alkanes) is 2. The number of esters is 1. The van der Waals surface area contributed by atoms with E-state index in [1.165, 1.54) is 70.6 Å². The summed E-state index contributed by atoms with van der Waals surface area (Å²) in [5.41, 5.74) is 0.955. The van der Waals surface area contributed by atoms with E-state index in [0.29, 0.717) is 11.7 Å². The third kappa shape index (κ3) is 8.16. The molecule has 2 aliphatic rings. The Morgan fingerprint density at radius 3 is 2.28 bits per heavy atom. The van der Waals surface area contributed by atoms with Crippen molar-refractivity contribution in [2.45, 2.75) is 97.3 Å². The van der Waals surface area contributed by atoms with Crippen LogP contribution in [0.25, 0.3) is 0 Å². The van der Waals surface area contributed by atoms with E-state index in [0.717, 1.165) is 30.2 Å². The highest BCUT2D eigenvalue weighted by Crippen LogP contribution is 2.33. The van der Waals surface area contributed by atoms with Gasteiger partial charge in [0, 0.05) is 5.56 Å². The summed E-state index contributed by atoms with van der Waals surface area (Å²) in [6.07, 6.45) is 20.5. The largest absolute Gasteiger partial charge is 0.426 e. The number of ether oxygens (including phenoxy) is 1. The maximum absolute atomic E-state index is 12.6. The molecule has 2 saturated carbocycles. The van der Waals surface area contributed by atoms with E-state index in [2.05, 4.69) is 31.8 Å². The Morgan fingerprint density at radius 2 is 1.62 bits per heavy atom. The molecule has 0 N–H and O–H groups in total. The number of hydrogen-bond donors (Lipinski definition) is 0. The first kappa shape index (κ1) is 24.6. The first-order chi connectivity index (χ1) is 15.7. The van der Waals surface area contributed by atoms with Gasteiger partial charge in [0.1, 0.15) is 5.75 Å². The number of carbonyl (C=O) groups excluding carboxylic acids is 1. The molecule has 2 nitrogen and oxygen atoms in total. The van der Waals surface area contributed by atoms with Crippen LogP contribution >= 0.6 is 0 Å². The van der Waals surface area contributed by atoms with Gasteiger partial charge < -0.3 is 4.74 Å². The zero-order valence-corrected chi connectivity index (χ0v) is 20.3. The highest BCUT2D eigenvalue weighted by Gasteiger charge is 2.27. The number of hydrogen-bond acceptors (Lipinski definition) is 2. The minimum absolute atomic E-state index is 0.0587. The Kier molecular flexibility index (Phi) is 10.4. The first-order valence-corrected chi connectivity index (χ1v) is 13.2. The normalized spacial score (nSPS) is 25.8. The van der Waals surface area contributed by atoms with Gasteiger partial charge >= 0.3 is 5.97 Å². The van der Waals surface area contributed by atoms with Crippen LogP contribution in [0.2, 0.25) is 0 Å². The predicted octanol–water partition coefficient (Wildman–Crippen LogP) is 8.10. The molecule has 32 heavy (non-hydrogen) atoms. The van der Waals surface area contributed by atoms with Gasteiger partial charge in [-0.25, -0.2) is 0 Å². The average molecular weight is 435 g/mol. The Balaban J connectivity index is 1.39. The van der Waals surface area contributed by atoms with Gasteiger partial charge in [-0.1, -0.05) is 63.9 Å². The number of allylic oxidation sites excluding steroid dienone is 2. The maximum Gasteiger partial charge on any atom is 0.314 e. The van der Waals surface area contributed by atoms with Crippen LogP contribution in [0.4, 0.5) is 0 Å². The molecular weight excluding hydrogens is 392 g/mol. The lowest BCUT2D eigenvalue weighted by Crippen LogP contribution is -2.25. The molecule has 0 radical (unpaired) electrons. The van der Waals surface area contributed by atoms with Gasteiger partial charge in [-0.15, -0.1) is 0 Å². The third-order valence-corrected chi connectivity index (χ3v) is 7.61. The molecule has 0 aromatic heterocycles. The molecule has 3 rings (SSSR count). The fraction of sp³-hybridized carbons (Fsp3) is 0.633. The molecule has 0 amide bonds. The standard InChI is InChI=1S/C30H42O2/c1-3-5-6-9-26-16-20-28(21-17-26)30(31)32-29-22-18-27(19-23-29)11-8-7-10-25-14-12-24(4-2)13-15-25/h7,10,18-19,22-26,28H,3-6,9,12-17,20-21H2,1-2H3/t24-,25-,26-,28-. The molecule has 2 fully saturated rings. The summed E-state index contributed by atoms with van der Waals surface area (Å²) < 4.78 is 5.66. The van der Waals surface area contributed by atoms with Crippen molar-refractivity contribution in [1.82, 2.24) is 0 Å². The van der Waals surface area contributed by atoms with E-state index >= 15 is 0 Å². The van der Waals surface area contributed by atoms with Gasteiger partial charge in [0.2, 0.25) is 0 Å².